The molecule has 2 N–H and O–H groups in total. The molecular weight excluding hydrogens is 308 g/mol. The maximum atomic E-state index is 12.3. The first-order valence-corrected chi connectivity index (χ1v) is 9.10. The number of H-pyrrole nitrogens is 1. The molecule has 23 heavy (non-hydrogen) atoms. The van der Waals surface area contributed by atoms with E-state index in [0.717, 1.165) is 25.1 Å². The van der Waals surface area contributed by atoms with Crippen LogP contribution in [0.2, 0.25) is 0 Å². The van der Waals surface area contributed by atoms with E-state index >= 15 is 0 Å². The van der Waals surface area contributed by atoms with Crippen LogP contribution < -0.4 is 5.32 Å². The summed E-state index contributed by atoms with van der Waals surface area (Å²) >= 11 is 1.51. The van der Waals surface area contributed by atoms with E-state index < -0.39 is 0 Å². The number of hydrogen-bond donors (Lipinski definition) is 2. The number of rotatable bonds is 5. The van der Waals surface area contributed by atoms with Gasteiger partial charge in [0.2, 0.25) is 11.1 Å². The van der Waals surface area contributed by atoms with Crippen molar-refractivity contribution in [2.24, 2.45) is 0 Å². The molecule has 0 radical (unpaired) electrons. The lowest BCUT2D eigenvalue weighted by Gasteiger charge is -2.19. The predicted octanol–water partition coefficient (Wildman–Crippen LogP) is 3.18. The van der Waals surface area contributed by atoms with Crippen LogP contribution in [0, 0.1) is 6.92 Å². The molecule has 0 fully saturated rings. The molecule has 0 saturated heterocycles. The fourth-order valence-corrected chi connectivity index (χ4v) is 3.74. The zero-order valence-corrected chi connectivity index (χ0v) is 14.2. The van der Waals surface area contributed by atoms with Gasteiger partial charge in [0.05, 0.1) is 6.04 Å². The normalized spacial score (nSPS) is 17.3. The van der Waals surface area contributed by atoms with E-state index in [0.29, 0.717) is 17.3 Å². The zero-order chi connectivity index (χ0) is 16.1. The Hall–Kier alpha value is -1.82. The molecule has 0 saturated carbocycles. The molecule has 0 spiro atoms. The number of benzene rings is 1. The highest BCUT2D eigenvalue weighted by Crippen LogP contribution is 2.28. The van der Waals surface area contributed by atoms with Crippen molar-refractivity contribution in [2.45, 2.75) is 50.2 Å². The van der Waals surface area contributed by atoms with E-state index in [2.05, 4.69) is 44.8 Å². The van der Waals surface area contributed by atoms with E-state index in [1.54, 1.807) is 0 Å². The van der Waals surface area contributed by atoms with E-state index in [1.807, 2.05) is 6.92 Å². The number of carbonyl (C=O) groups excluding carboxylic acids is 1. The van der Waals surface area contributed by atoms with Crippen molar-refractivity contribution in [1.82, 2.24) is 20.5 Å². The van der Waals surface area contributed by atoms with E-state index in [4.69, 9.17) is 0 Å². The van der Waals surface area contributed by atoms with Gasteiger partial charge in [0.1, 0.15) is 5.82 Å². The lowest BCUT2D eigenvalue weighted by Crippen LogP contribution is -2.28. The van der Waals surface area contributed by atoms with Crippen LogP contribution >= 0.6 is 11.8 Å². The van der Waals surface area contributed by atoms with Gasteiger partial charge in [-0.2, -0.15) is 0 Å². The number of amides is 1. The molecule has 0 aliphatic heterocycles. The van der Waals surface area contributed by atoms with Crippen LogP contribution in [0.5, 0.6) is 0 Å². The quantitative estimate of drug-likeness (QED) is 0.652. The van der Waals surface area contributed by atoms with Gasteiger partial charge in [-0.1, -0.05) is 42.4 Å². The molecule has 1 atom stereocenters. The lowest BCUT2D eigenvalue weighted by atomic mass is 9.99. The summed E-state index contributed by atoms with van der Waals surface area (Å²) in [6.45, 7) is 1.87. The predicted molar refractivity (Wildman–Crippen MR) is 91.3 cm³/mol. The van der Waals surface area contributed by atoms with Crippen LogP contribution in [0.25, 0.3) is 0 Å². The molecule has 1 aliphatic rings. The Kier molecular flexibility index (Phi) is 5.33. The second kappa shape index (κ2) is 7.64. The summed E-state index contributed by atoms with van der Waals surface area (Å²) in [7, 11) is 0. The van der Waals surface area contributed by atoms with Gasteiger partial charge < -0.3 is 5.32 Å². The highest BCUT2D eigenvalue weighted by Gasteiger charge is 2.19. The maximum Gasteiger partial charge on any atom is 0.221 e. The number of fused-ring (bicyclic) bond motifs is 1. The maximum absolute atomic E-state index is 12.3. The smallest absolute Gasteiger partial charge is 0.221 e. The van der Waals surface area contributed by atoms with Crippen LogP contribution in [0.15, 0.2) is 29.4 Å². The van der Waals surface area contributed by atoms with Gasteiger partial charge in [-0.05, 0) is 37.3 Å². The van der Waals surface area contributed by atoms with Crippen molar-refractivity contribution in [3.05, 3.63) is 41.2 Å². The lowest BCUT2D eigenvalue weighted by molar-refractivity contribution is -0.121. The topological polar surface area (TPSA) is 70.7 Å². The number of aryl methyl sites for hydroxylation is 2. The third-order valence-electron chi connectivity index (χ3n) is 4.09. The fourth-order valence-electron chi connectivity index (χ4n) is 2.96. The molecule has 5 nitrogen and oxygen atoms in total. The molecular formula is C17H22N4OS. The number of nitrogens with zero attached hydrogens (tertiary/aromatic N) is 2. The molecule has 1 aliphatic carbocycles. The Labute approximate surface area is 140 Å². The number of nitrogens with one attached hydrogen (secondary N) is 2. The average molecular weight is 330 g/mol. The molecule has 0 bridgehead atoms. The van der Waals surface area contributed by atoms with Crippen molar-refractivity contribution < 1.29 is 4.79 Å². The summed E-state index contributed by atoms with van der Waals surface area (Å²) < 4.78 is 0. The Balaban J connectivity index is 1.53. The van der Waals surface area contributed by atoms with Crippen molar-refractivity contribution in [3.8, 4) is 0 Å². The molecule has 1 heterocycles. The Morgan fingerprint density at radius 3 is 3.09 bits per heavy atom. The number of thioether (sulfide) groups is 1. The molecule has 2 aromatic rings. The van der Waals surface area contributed by atoms with Gasteiger partial charge in [-0.15, -0.1) is 5.10 Å². The second-order valence-electron chi connectivity index (χ2n) is 5.87. The third-order valence-corrected chi connectivity index (χ3v) is 4.94. The second-order valence-corrected chi connectivity index (χ2v) is 6.93. The Morgan fingerprint density at radius 1 is 1.39 bits per heavy atom. The van der Waals surface area contributed by atoms with Gasteiger partial charge in [-0.3, -0.25) is 9.89 Å². The highest BCUT2D eigenvalue weighted by atomic mass is 32.2. The number of aromatic nitrogens is 3. The molecule has 1 unspecified atom stereocenters. The minimum atomic E-state index is 0.103. The Bertz CT molecular complexity index is 670. The van der Waals surface area contributed by atoms with Crippen LogP contribution in [-0.2, 0) is 11.2 Å². The molecule has 3 rings (SSSR count). The summed E-state index contributed by atoms with van der Waals surface area (Å²) in [5.74, 6) is 1.59. The monoisotopic (exact) mass is 330 g/mol. The average Bonchev–Trinajstić information content (AvgIpc) is 2.85. The van der Waals surface area contributed by atoms with Crippen molar-refractivity contribution in [2.75, 3.05) is 5.75 Å². The SMILES string of the molecule is Cc1nc(SCCC(=O)NC2CCCCc3ccccc32)n[nH]1. The minimum absolute atomic E-state index is 0.103. The van der Waals surface area contributed by atoms with Gasteiger partial charge in [0.25, 0.3) is 0 Å². The minimum Gasteiger partial charge on any atom is -0.349 e. The van der Waals surface area contributed by atoms with Crippen LogP contribution in [0.1, 0.15) is 48.7 Å². The fraction of sp³-hybridized carbons (Fsp3) is 0.471. The number of carbonyl (C=O) groups is 1. The third kappa shape index (κ3) is 4.34. The first kappa shape index (κ1) is 16.1. The summed E-state index contributed by atoms with van der Waals surface area (Å²) in [4.78, 5) is 16.5. The highest BCUT2D eigenvalue weighted by molar-refractivity contribution is 7.99. The van der Waals surface area contributed by atoms with Crippen LogP contribution in [0.3, 0.4) is 0 Å². The largest absolute Gasteiger partial charge is 0.349 e. The molecule has 1 aromatic carbocycles. The summed E-state index contributed by atoms with van der Waals surface area (Å²) in [5.41, 5.74) is 2.66. The summed E-state index contributed by atoms with van der Waals surface area (Å²) in [6.07, 6.45) is 4.98. The number of hydrogen-bond acceptors (Lipinski definition) is 4. The number of aromatic amines is 1. The van der Waals surface area contributed by atoms with Gasteiger partial charge in [0.15, 0.2) is 0 Å². The molecule has 1 aromatic heterocycles. The van der Waals surface area contributed by atoms with Crippen LogP contribution in [0.4, 0.5) is 0 Å². The zero-order valence-electron chi connectivity index (χ0n) is 13.3. The Morgan fingerprint density at radius 2 is 2.26 bits per heavy atom. The van der Waals surface area contributed by atoms with Crippen molar-refractivity contribution >= 4 is 17.7 Å². The molecule has 122 valence electrons. The summed E-state index contributed by atoms with van der Waals surface area (Å²) in [5, 5.41) is 10.8. The van der Waals surface area contributed by atoms with E-state index in [9.17, 15) is 4.79 Å². The van der Waals surface area contributed by atoms with E-state index in [1.165, 1.54) is 29.3 Å². The van der Waals surface area contributed by atoms with Crippen LogP contribution in [-0.4, -0.2) is 26.8 Å². The van der Waals surface area contributed by atoms with E-state index in [-0.39, 0.29) is 11.9 Å². The molecule has 6 heteroatoms. The summed E-state index contributed by atoms with van der Waals surface area (Å²) in [6, 6.07) is 8.62. The van der Waals surface area contributed by atoms with Crippen molar-refractivity contribution in [3.63, 3.8) is 0 Å². The first-order chi connectivity index (χ1) is 11.2. The van der Waals surface area contributed by atoms with Gasteiger partial charge in [-0.25, -0.2) is 4.98 Å². The van der Waals surface area contributed by atoms with Gasteiger partial charge >= 0.3 is 0 Å². The van der Waals surface area contributed by atoms with Crippen molar-refractivity contribution in [1.29, 1.82) is 0 Å². The molecule has 1 amide bonds. The van der Waals surface area contributed by atoms with Gasteiger partial charge in [0, 0.05) is 12.2 Å². The first-order valence-electron chi connectivity index (χ1n) is 8.11. The standard InChI is InChI=1S/C17H22N4OS/c1-12-18-17(21-20-12)23-11-10-16(22)19-15-9-5-3-7-13-6-2-4-8-14(13)15/h2,4,6,8,15H,3,5,7,9-11H2,1H3,(H,19,22)(H,18,20,21).